The van der Waals surface area contributed by atoms with E-state index in [0.29, 0.717) is 28.6 Å². The van der Waals surface area contributed by atoms with Gasteiger partial charge < -0.3 is 18.6 Å². The van der Waals surface area contributed by atoms with E-state index in [2.05, 4.69) is 4.98 Å². The molecule has 39 heavy (non-hydrogen) atoms. The molecule has 3 heterocycles. The van der Waals surface area contributed by atoms with Crippen LogP contribution in [-0.2, 0) is 40.0 Å². The van der Waals surface area contributed by atoms with Crippen molar-refractivity contribution in [3.05, 3.63) is 107 Å². The number of furan rings is 1. The molecule has 1 saturated heterocycles. The molecule has 5 rings (SSSR count). The molecule has 204 valence electrons. The van der Waals surface area contributed by atoms with E-state index in [1.165, 1.54) is 30.7 Å². The van der Waals surface area contributed by atoms with Crippen molar-refractivity contribution in [3.8, 4) is 0 Å². The van der Waals surface area contributed by atoms with E-state index in [-0.39, 0.29) is 42.4 Å². The molecule has 0 N–H and O–H groups in total. The van der Waals surface area contributed by atoms with Crippen LogP contribution in [0.4, 0.5) is 4.39 Å². The molecule has 1 atom stereocenters. The van der Waals surface area contributed by atoms with Crippen LogP contribution in [0.15, 0.2) is 82.7 Å². The Morgan fingerprint density at radius 1 is 1.13 bits per heavy atom. The van der Waals surface area contributed by atoms with Crippen LogP contribution in [0.25, 0.3) is 0 Å². The van der Waals surface area contributed by atoms with Gasteiger partial charge in [-0.25, -0.2) is 17.8 Å². The average Bonchev–Trinajstić information content (AvgIpc) is 3.69. The Morgan fingerprint density at radius 2 is 1.97 bits per heavy atom. The molecular weight excluding hydrogens is 545 g/mol. The third-order valence-corrected chi connectivity index (χ3v) is 8.34. The van der Waals surface area contributed by atoms with Gasteiger partial charge in [0.2, 0.25) is 15.0 Å². The fraction of sp³-hybridized carbons (Fsp3) is 0.286. The number of benzene rings is 2. The molecule has 11 heteroatoms. The highest BCUT2D eigenvalue weighted by Gasteiger charge is 2.29. The number of sulfone groups is 1. The Kier molecular flexibility index (Phi) is 8.15. The van der Waals surface area contributed by atoms with E-state index < -0.39 is 21.4 Å². The zero-order valence-electron chi connectivity index (χ0n) is 21.0. The van der Waals surface area contributed by atoms with Gasteiger partial charge in [-0.1, -0.05) is 35.9 Å². The third kappa shape index (κ3) is 6.41. The molecule has 1 aliphatic rings. The molecule has 0 radical (unpaired) electrons. The van der Waals surface area contributed by atoms with Gasteiger partial charge >= 0.3 is 0 Å². The number of hydrogen-bond acceptors (Lipinski definition) is 6. The molecule has 0 bridgehead atoms. The number of carbonyl (C=O) groups is 1. The average molecular weight is 572 g/mol. The summed E-state index contributed by atoms with van der Waals surface area (Å²) in [6.07, 6.45) is 4.39. The number of amides is 1. The molecule has 1 aliphatic heterocycles. The lowest BCUT2D eigenvalue weighted by atomic mass is 10.2. The van der Waals surface area contributed by atoms with E-state index >= 15 is 0 Å². The lowest BCUT2D eigenvalue weighted by Crippen LogP contribution is -2.32. The van der Waals surface area contributed by atoms with Gasteiger partial charge in [-0.2, -0.15) is 0 Å². The number of imidazole rings is 1. The first-order chi connectivity index (χ1) is 18.8. The van der Waals surface area contributed by atoms with Crippen LogP contribution in [0, 0.1) is 5.82 Å². The molecule has 1 amide bonds. The number of nitrogens with zero attached hydrogens (tertiary/aromatic N) is 3. The zero-order chi connectivity index (χ0) is 27.4. The van der Waals surface area contributed by atoms with Crippen LogP contribution in [-0.4, -0.2) is 41.5 Å². The van der Waals surface area contributed by atoms with Crippen molar-refractivity contribution < 1.29 is 26.8 Å². The largest absolute Gasteiger partial charge is 0.467 e. The highest BCUT2D eigenvalue weighted by Crippen LogP contribution is 2.25. The predicted molar refractivity (Wildman–Crippen MR) is 142 cm³/mol. The van der Waals surface area contributed by atoms with Crippen molar-refractivity contribution in [1.82, 2.24) is 14.5 Å². The Labute approximate surface area is 230 Å². The summed E-state index contributed by atoms with van der Waals surface area (Å²) in [5.41, 5.74) is 0.937. The standard InChI is InChI=1S/C28H27ClFN3O5S/c29-22-8-3-7-20(14-22)27(34)32(17-24-9-4-12-37-24)16-23-15-31-28(33(23)18-25-10-5-13-38-25)39(35,36)19-21-6-1-2-11-26(21)30/h1-4,6-9,11-12,14-15,25H,5,10,13,16-19H2/t25-/m0/s1. The van der Waals surface area contributed by atoms with Crippen LogP contribution < -0.4 is 0 Å². The molecule has 0 aliphatic carbocycles. The van der Waals surface area contributed by atoms with Crippen molar-refractivity contribution >= 4 is 27.3 Å². The van der Waals surface area contributed by atoms with Crippen LogP contribution >= 0.6 is 11.6 Å². The van der Waals surface area contributed by atoms with Gasteiger partial charge in [0.15, 0.2) is 0 Å². The molecule has 4 aromatic rings. The van der Waals surface area contributed by atoms with Crippen LogP contribution in [0.1, 0.15) is 40.2 Å². The number of rotatable bonds is 10. The minimum absolute atomic E-state index is 0.0426. The number of aromatic nitrogens is 2. The summed E-state index contributed by atoms with van der Waals surface area (Å²) in [4.78, 5) is 19.4. The lowest BCUT2D eigenvalue weighted by Gasteiger charge is -2.24. The van der Waals surface area contributed by atoms with Gasteiger partial charge in [0.1, 0.15) is 11.6 Å². The number of hydrogen-bond donors (Lipinski definition) is 0. The first kappa shape index (κ1) is 27.1. The second kappa shape index (κ2) is 11.7. The molecular formula is C28H27ClFN3O5S. The quantitative estimate of drug-likeness (QED) is 0.258. The monoisotopic (exact) mass is 571 g/mol. The van der Waals surface area contributed by atoms with E-state index in [1.807, 2.05) is 0 Å². The third-order valence-electron chi connectivity index (χ3n) is 6.53. The Morgan fingerprint density at radius 3 is 2.69 bits per heavy atom. The molecule has 1 fully saturated rings. The van der Waals surface area contributed by atoms with Gasteiger partial charge in [-0.3, -0.25) is 4.79 Å². The first-order valence-electron chi connectivity index (χ1n) is 12.5. The van der Waals surface area contributed by atoms with E-state index in [1.54, 1.807) is 51.9 Å². The summed E-state index contributed by atoms with van der Waals surface area (Å²) < 4.78 is 54.2. The summed E-state index contributed by atoms with van der Waals surface area (Å²) in [5.74, 6) is -0.896. The minimum Gasteiger partial charge on any atom is -0.467 e. The highest BCUT2D eigenvalue weighted by atomic mass is 35.5. The molecule has 0 unspecified atom stereocenters. The molecule has 0 spiro atoms. The highest BCUT2D eigenvalue weighted by molar-refractivity contribution is 7.90. The fourth-order valence-electron chi connectivity index (χ4n) is 4.63. The Balaban J connectivity index is 1.50. The molecule has 2 aromatic carbocycles. The van der Waals surface area contributed by atoms with Crippen molar-refractivity contribution in [3.63, 3.8) is 0 Å². The number of halogens is 2. The Hall–Kier alpha value is -3.47. The van der Waals surface area contributed by atoms with E-state index in [9.17, 15) is 17.6 Å². The van der Waals surface area contributed by atoms with E-state index in [4.69, 9.17) is 20.8 Å². The minimum atomic E-state index is -4.03. The molecule has 8 nitrogen and oxygen atoms in total. The maximum Gasteiger partial charge on any atom is 0.254 e. The van der Waals surface area contributed by atoms with Crippen LogP contribution in [0.2, 0.25) is 5.02 Å². The normalized spacial score (nSPS) is 15.5. The number of ether oxygens (including phenoxy) is 1. The van der Waals surface area contributed by atoms with Gasteiger partial charge in [-0.05, 0) is 49.2 Å². The number of carbonyl (C=O) groups excluding carboxylic acids is 1. The Bertz CT molecular complexity index is 1550. The second-order valence-corrected chi connectivity index (χ2v) is 11.7. The second-order valence-electron chi connectivity index (χ2n) is 9.38. The molecule has 2 aromatic heterocycles. The van der Waals surface area contributed by atoms with Gasteiger partial charge in [0.25, 0.3) is 5.91 Å². The predicted octanol–water partition coefficient (Wildman–Crippen LogP) is 5.26. The first-order valence-corrected chi connectivity index (χ1v) is 14.5. The topological polar surface area (TPSA) is 94.6 Å². The van der Waals surface area contributed by atoms with Crippen LogP contribution in [0.3, 0.4) is 0 Å². The maximum atomic E-state index is 14.3. The summed E-state index contributed by atoms with van der Waals surface area (Å²) in [6, 6.07) is 15.9. The van der Waals surface area contributed by atoms with Gasteiger partial charge in [0, 0.05) is 22.8 Å². The van der Waals surface area contributed by atoms with Crippen molar-refractivity contribution in [2.24, 2.45) is 0 Å². The van der Waals surface area contributed by atoms with Crippen molar-refractivity contribution in [2.45, 2.75) is 49.5 Å². The zero-order valence-corrected chi connectivity index (χ0v) is 22.6. The smallest absolute Gasteiger partial charge is 0.254 e. The molecule has 0 saturated carbocycles. The fourth-order valence-corrected chi connectivity index (χ4v) is 6.33. The summed E-state index contributed by atoms with van der Waals surface area (Å²) >= 11 is 6.14. The van der Waals surface area contributed by atoms with Crippen molar-refractivity contribution in [1.29, 1.82) is 0 Å². The summed E-state index contributed by atoms with van der Waals surface area (Å²) in [5, 5.41) is 0.230. The van der Waals surface area contributed by atoms with Crippen molar-refractivity contribution in [2.75, 3.05) is 6.61 Å². The summed E-state index contributed by atoms with van der Waals surface area (Å²) in [7, 11) is -4.03. The summed E-state index contributed by atoms with van der Waals surface area (Å²) in [6.45, 7) is 1.01. The van der Waals surface area contributed by atoms with E-state index in [0.717, 1.165) is 12.8 Å². The lowest BCUT2D eigenvalue weighted by molar-refractivity contribution is 0.0706. The van der Waals surface area contributed by atoms with Gasteiger partial charge in [0.05, 0.1) is 49.6 Å². The van der Waals surface area contributed by atoms with Gasteiger partial charge in [-0.15, -0.1) is 0 Å². The van der Waals surface area contributed by atoms with Crippen LogP contribution in [0.5, 0.6) is 0 Å². The maximum absolute atomic E-state index is 14.3. The SMILES string of the molecule is O=C(c1cccc(Cl)c1)N(Cc1ccco1)Cc1cnc(S(=O)(=O)Cc2ccccc2F)n1C[C@@H]1CCCO1.